The van der Waals surface area contributed by atoms with E-state index >= 15 is 0 Å². The van der Waals surface area contributed by atoms with E-state index in [9.17, 15) is 4.79 Å². The molecule has 2 N–H and O–H groups in total. The van der Waals surface area contributed by atoms with Gasteiger partial charge >= 0.3 is 6.09 Å². The summed E-state index contributed by atoms with van der Waals surface area (Å²) in [5.74, 6) is 0.564. The van der Waals surface area contributed by atoms with Gasteiger partial charge in [0.1, 0.15) is 5.60 Å². The smallest absolute Gasteiger partial charge is 0.412 e. The molecule has 20 heavy (non-hydrogen) atoms. The highest BCUT2D eigenvalue weighted by atomic mass is 16.6. The van der Waals surface area contributed by atoms with Gasteiger partial charge < -0.3 is 10.1 Å². The Kier molecular flexibility index (Phi) is 5.43. The van der Waals surface area contributed by atoms with Crippen molar-refractivity contribution < 1.29 is 9.53 Å². The molecule has 1 aromatic carbocycles. The lowest BCUT2D eigenvalue weighted by Crippen LogP contribution is -2.27. The molecule has 0 heterocycles. The highest BCUT2D eigenvalue weighted by Gasteiger charge is 2.16. The van der Waals surface area contributed by atoms with Gasteiger partial charge in [0.05, 0.1) is 0 Å². The summed E-state index contributed by atoms with van der Waals surface area (Å²) in [5, 5.41) is 6.13. The highest BCUT2D eigenvalue weighted by Crippen LogP contribution is 2.17. The molecule has 0 aliphatic rings. The molecule has 0 bridgehead atoms. The molecular weight excluding hydrogens is 252 g/mol. The van der Waals surface area contributed by atoms with E-state index in [2.05, 4.69) is 31.4 Å². The largest absolute Gasteiger partial charge is 0.444 e. The molecular formula is C16H26N2O2. The van der Waals surface area contributed by atoms with E-state index in [1.807, 2.05) is 45.0 Å². The summed E-state index contributed by atoms with van der Waals surface area (Å²) in [5.41, 5.74) is 1.28. The first-order valence-corrected chi connectivity index (χ1v) is 7.04. The van der Waals surface area contributed by atoms with Gasteiger partial charge in [-0.2, -0.15) is 0 Å². The normalized spacial score (nSPS) is 12.9. The minimum Gasteiger partial charge on any atom is -0.444 e. The van der Waals surface area contributed by atoms with Crippen LogP contribution in [0.5, 0.6) is 0 Å². The van der Waals surface area contributed by atoms with E-state index in [0.29, 0.717) is 12.0 Å². The van der Waals surface area contributed by atoms with Gasteiger partial charge in [0.25, 0.3) is 0 Å². The summed E-state index contributed by atoms with van der Waals surface area (Å²) >= 11 is 0. The van der Waals surface area contributed by atoms with Gasteiger partial charge in [-0.15, -0.1) is 0 Å². The quantitative estimate of drug-likeness (QED) is 0.853. The van der Waals surface area contributed by atoms with Crippen LogP contribution in [-0.4, -0.2) is 17.7 Å². The molecule has 0 saturated heterocycles. The molecule has 4 heteroatoms. The number of carbonyl (C=O) groups is 1. The standard InChI is InChI=1S/C16H26N2O2/c1-11(2)12(3)17-13-7-9-14(10-8-13)18-15(19)20-16(4,5)6/h7-12,17H,1-6H3,(H,18,19). The van der Waals surface area contributed by atoms with Crippen LogP contribution in [0.2, 0.25) is 0 Å². The minimum atomic E-state index is -0.488. The zero-order chi connectivity index (χ0) is 15.3. The highest BCUT2D eigenvalue weighted by molar-refractivity contribution is 5.85. The fourth-order valence-electron chi connectivity index (χ4n) is 1.50. The van der Waals surface area contributed by atoms with Crippen molar-refractivity contribution in [2.75, 3.05) is 10.6 Å². The van der Waals surface area contributed by atoms with E-state index in [4.69, 9.17) is 4.74 Å². The van der Waals surface area contributed by atoms with E-state index in [0.717, 1.165) is 11.4 Å². The zero-order valence-electron chi connectivity index (χ0n) is 13.3. The van der Waals surface area contributed by atoms with Crippen LogP contribution in [-0.2, 0) is 4.74 Å². The van der Waals surface area contributed by atoms with E-state index < -0.39 is 11.7 Å². The molecule has 0 aliphatic carbocycles. The molecule has 1 amide bonds. The lowest BCUT2D eigenvalue weighted by Gasteiger charge is -2.20. The summed E-state index contributed by atoms with van der Waals surface area (Å²) < 4.78 is 5.20. The second-order valence-electron chi connectivity index (χ2n) is 6.38. The van der Waals surface area contributed by atoms with E-state index in [1.54, 1.807) is 0 Å². The number of hydrogen-bond acceptors (Lipinski definition) is 3. The van der Waals surface area contributed by atoms with Crippen LogP contribution in [0.1, 0.15) is 41.5 Å². The number of rotatable bonds is 4. The predicted octanol–water partition coefficient (Wildman–Crippen LogP) is 4.49. The van der Waals surface area contributed by atoms with Crippen LogP contribution in [0.25, 0.3) is 0 Å². The molecule has 1 atom stereocenters. The summed E-state index contributed by atoms with van der Waals surface area (Å²) in [4.78, 5) is 11.6. The Morgan fingerprint density at radius 2 is 1.55 bits per heavy atom. The Morgan fingerprint density at radius 3 is 2.00 bits per heavy atom. The number of nitrogens with one attached hydrogen (secondary N) is 2. The topological polar surface area (TPSA) is 50.4 Å². The summed E-state index contributed by atoms with van der Waals surface area (Å²) in [6.45, 7) is 12.0. The van der Waals surface area contributed by atoms with Crippen LogP contribution in [0, 0.1) is 5.92 Å². The molecule has 0 aliphatic heterocycles. The fourth-order valence-corrected chi connectivity index (χ4v) is 1.50. The molecule has 0 radical (unpaired) electrons. The average Bonchev–Trinajstić information content (AvgIpc) is 2.28. The monoisotopic (exact) mass is 278 g/mol. The van der Waals surface area contributed by atoms with Gasteiger partial charge in [0.2, 0.25) is 0 Å². The maximum absolute atomic E-state index is 11.6. The summed E-state index contributed by atoms with van der Waals surface area (Å²) in [6.07, 6.45) is -0.436. The van der Waals surface area contributed by atoms with E-state index in [1.165, 1.54) is 0 Å². The zero-order valence-corrected chi connectivity index (χ0v) is 13.3. The second-order valence-corrected chi connectivity index (χ2v) is 6.38. The van der Waals surface area contributed by atoms with Gasteiger partial charge in [-0.05, 0) is 57.9 Å². The van der Waals surface area contributed by atoms with Crippen LogP contribution in [0.4, 0.5) is 16.2 Å². The number of hydrogen-bond donors (Lipinski definition) is 2. The number of anilines is 2. The van der Waals surface area contributed by atoms with Gasteiger partial charge in [-0.3, -0.25) is 5.32 Å². The SMILES string of the molecule is CC(C)C(C)Nc1ccc(NC(=O)OC(C)(C)C)cc1. The van der Waals surface area contributed by atoms with Crippen molar-refractivity contribution in [2.24, 2.45) is 5.92 Å². The van der Waals surface area contributed by atoms with Crippen LogP contribution in [0.15, 0.2) is 24.3 Å². The van der Waals surface area contributed by atoms with Crippen LogP contribution in [0.3, 0.4) is 0 Å². The Labute approximate surface area is 121 Å². The Hall–Kier alpha value is -1.71. The molecule has 0 fully saturated rings. The first-order chi connectivity index (χ1) is 9.17. The second kappa shape index (κ2) is 6.64. The van der Waals surface area contributed by atoms with Crippen molar-refractivity contribution in [1.82, 2.24) is 0 Å². The van der Waals surface area contributed by atoms with Crippen molar-refractivity contribution in [3.8, 4) is 0 Å². The third-order valence-corrected chi connectivity index (χ3v) is 2.92. The maximum Gasteiger partial charge on any atom is 0.412 e. The molecule has 0 aromatic heterocycles. The van der Waals surface area contributed by atoms with Crippen LogP contribution < -0.4 is 10.6 Å². The number of benzene rings is 1. The third-order valence-electron chi connectivity index (χ3n) is 2.92. The Bertz CT molecular complexity index is 433. The van der Waals surface area contributed by atoms with Crippen LogP contribution >= 0.6 is 0 Å². The molecule has 1 unspecified atom stereocenters. The Morgan fingerprint density at radius 1 is 1.05 bits per heavy atom. The van der Waals surface area contributed by atoms with Crippen molar-refractivity contribution in [3.05, 3.63) is 24.3 Å². The number of carbonyl (C=O) groups excluding carboxylic acids is 1. The summed E-state index contributed by atoms with van der Waals surface area (Å²) in [7, 11) is 0. The molecule has 0 spiro atoms. The van der Waals surface area contributed by atoms with Gasteiger partial charge in [0, 0.05) is 17.4 Å². The van der Waals surface area contributed by atoms with E-state index in [-0.39, 0.29) is 0 Å². The third kappa shape index (κ3) is 5.95. The Balaban J connectivity index is 2.57. The van der Waals surface area contributed by atoms with Crippen molar-refractivity contribution >= 4 is 17.5 Å². The average molecular weight is 278 g/mol. The van der Waals surface area contributed by atoms with Gasteiger partial charge in [0.15, 0.2) is 0 Å². The lowest BCUT2D eigenvalue weighted by atomic mass is 10.1. The first-order valence-electron chi connectivity index (χ1n) is 7.04. The predicted molar refractivity (Wildman–Crippen MR) is 84.2 cm³/mol. The van der Waals surface area contributed by atoms with Gasteiger partial charge in [-0.25, -0.2) is 4.79 Å². The first kappa shape index (κ1) is 16.3. The number of ether oxygens (including phenoxy) is 1. The molecule has 1 rings (SSSR count). The summed E-state index contributed by atoms with van der Waals surface area (Å²) in [6, 6.07) is 8.02. The van der Waals surface area contributed by atoms with Gasteiger partial charge in [-0.1, -0.05) is 13.8 Å². The van der Waals surface area contributed by atoms with Crippen molar-refractivity contribution in [2.45, 2.75) is 53.2 Å². The minimum absolute atomic E-state index is 0.402. The molecule has 4 nitrogen and oxygen atoms in total. The number of amides is 1. The van der Waals surface area contributed by atoms with Crippen molar-refractivity contribution in [3.63, 3.8) is 0 Å². The lowest BCUT2D eigenvalue weighted by molar-refractivity contribution is 0.0636. The fraction of sp³-hybridized carbons (Fsp3) is 0.562. The van der Waals surface area contributed by atoms with Crippen molar-refractivity contribution in [1.29, 1.82) is 0 Å². The molecule has 112 valence electrons. The molecule has 0 saturated carbocycles. The molecule has 1 aromatic rings. The maximum atomic E-state index is 11.6.